The SMILES string of the molecule is CCC1(CCCOC=C2CCCC2)CCC(=O)C1. The zero-order valence-electron chi connectivity index (χ0n) is 11.7. The number of carbonyl (C=O) groups is 1. The molecule has 0 aromatic heterocycles. The van der Waals surface area contributed by atoms with E-state index in [0.717, 1.165) is 45.1 Å². The van der Waals surface area contributed by atoms with Gasteiger partial charge in [0.2, 0.25) is 0 Å². The van der Waals surface area contributed by atoms with Crippen LogP contribution in [-0.4, -0.2) is 12.4 Å². The van der Waals surface area contributed by atoms with E-state index >= 15 is 0 Å². The van der Waals surface area contributed by atoms with Crippen molar-refractivity contribution in [2.45, 2.75) is 71.1 Å². The van der Waals surface area contributed by atoms with Gasteiger partial charge in [0.1, 0.15) is 5.78 Å². The van der Waals surface area contributed by atoms with Crippen LogP contribution in [0.2, 0.25) is 0 Å². The monoisotopic (exact) mass is 250 g/mol. The van der Waals surface area contributed by atoms with Crippen LogP contribution in [0.3, 0.4) is 0 Å². The normalized spacial score (nSPS) is 27.8. The molecule has 2 nitrogen and oxygen atoms in total. The van der Waals surface area contributed by atoms with Crippen molar-refractivity contribution in [1.29, 1.82) is 0 Å². The van der Waals surface area contributed by atoms with E-state index in [2.05, 4.69) is 6.92 Å². The Morgan fingerprint density at radius 2 is 2.06 bits per heavy atom. The van der Waals surface area contributed by atoms with E-state index in [4.69, 9.17) is 4.74 Å². The number of allylic oxidation sites excluding steroid dienone is 1. The highest BCUT2D eigenvalue weighted by atomic mass is 16.5. The fraction of sp³-hybridized carbons (Fsp3) is 0.812. The summed E-state index contributed by atoms with van der Waals surface area (Å²) in [6.07, 6.45) is 13.2. The predicted molar refractivity (Wildman–Crippen MR) is 73.3 cm³/mol. The van der Waals surface area contributed by atoms with Crippen LogP contribution in [0.4, 0.5) is 0 Å². The molecule has 0 N–H and O–H groups in total. The fourth-order valence-corrected chi connectivity index (χ4v) is 3.35. The van der Waals surface area contributed by atoms with Crippen molar-refractivity contribution >= 4 is 5.78 Å². The molecule has 2 aliphatic rings. The third kappa shape index (κ3) is 3.60. The average molecular weight is 250 g/mol. The van der Waals surface area contributed by atoms with E-state index in [1.165, 1.54) is 31.3 Å². The Morgan fingerprint density at radius 3 is 2.67 bits per heavy atom. The van der Waals surface area contributed by atoms with Crippen LogP contribution in [0, 0.1) is 5.41 Å². The largest absolute Gasteiger partial charge is 0.501 e. The highest BCUT2D eigenvalue weighted by Gasteiger charge is 2.35. The molecule has 2 fully saturated rings. The van der Waals surface area contributed by atoms with Crippen LogP contribution in [0.1, 0.15) is 71.1 Å². The molecule has 0 heterocycles. The predicted octanol–water partition coefficient (Wildman–Crippen LogP) is 4.39. The first-order valence-corrected chi connectivity index (χ1v) is 7.55. The maximum atomic E-state index is 11.4. The topological polar surface area (TPSA) is 26.3 Å². The van der Waals surface area contributed by atoms with Crippen molar-refractivity contribution in [3.63, 3.8) is 0 Å². The van der Waals surface area contributed by atoms with Gasteiger partial charge < -0.3 is 4.74 Å². The minimum absolute atomic E-state index is 0.306. The minimum Gasteiger partial charge on any atom is -0.501 e. The Bertz CT molecular complexity index is 311. The van der Waals surface area contributed by atoms with Gasteiger partial charge >= 0.3 is 0 Å². The Hall–Kier alpha value is -0.790. The van der Waals surface area contributed by atoms with E-state index < -0.39 is 0 Å². The van der Waals surface area contributed by atoms with E-state index in [1.54, 1.807) is 0 Å². The van der Waals surface area contributed by atoms with Crippen molar-refractivity contribution in [3.05, 3.63) is 11.8 Å². The summed E-state index contributed by atoms with van der Waals surface area (Å²) >= 11 is 0. The molecular formula is C16H26O2. The van der Waals surface area contributed by atoms with Gasteiger partial charge in [0, 0.05) is 12.8 Å². The van der Waals surface area contributed by atoms with E-state index in [9.17, 15) is 4.79 Å². The molecule has 0 aliphatic heterocycles. The van der Waals surface area contributed by atoms with Crippen LogP contribution < -0.4 is 0 Å². The summed E-state index contributed by atoms with van der Waals surface area (Å²) in [6, 6.07) is 0. The van der Waals surface area contributed by atoms with E-state index in [-0.39, 0.29) is 0 Å². The maximum Gasteiger partial charge on any atom is 0.133 e. The van der Waals surface area contributed by atoms with Crippen molar-refractivity contribution < 1.29 is 9.53 Å². The number of ether oxygens (including phenoxy) is 1. The van der Waals surface area contributed by atoms with Crippen molar-refractivity contribution in [2.24, 2.45) is 5.41 Å². The zero-order chi connectivity index (χ0) is 12.8. The van der Waals surface area contributed by atoms with Gasteiger partial charge in [-0.05, 0) is 55.9 Å². The van der Waals surface area contributed by atoms with Gasteiger partial charge in [-0.2, -0.15) is 0 Å². The summed E-state index contributed by atoms with van der Waals surface area (Å²) in [5.74, 6) is 0.464. The summed E-state index contributed by atoms with van der Waals surface area (Å²) in [7, 11) is 0. The molecule has 0 aromatic rings. The smallest absolute Gasteiger partial charge is 0.133 e. The lowest BCUT2D eigenvalue weighted by molar-refractivity contribution is -0.118. The van der Waals surface area contributed by atoms with Crippen LogP contribution >= 0.6 is 0 Å². The fourth-order valence-electron chi connectivity index (χ4n) is 3.35. The molecule has 0 radical (unpaired) electrons. The van der Waals surface area contributed by atoms with Gasteiger partial charge in [-0.15, -0.1) is 0 Å². The zero-order valence-corrected chi connectivity index (χ0v) is 11.7. The third-order valence-electron chi connectivity index (χ3n) is 4.72. The first-order valence-electron chi connectivity index (χ1n) is 7.55. The summed E-state index contributed by atoms with van der Waals surface area (Å²) in [4.78, 5) is 11.4. The number of ketones is 1. The molecule has 2 rings (SSSR count). The molecule has 1 atom stereocenters. The Morgan fingerprint density at radius 1 is 1.28 bits per heavy atom. The molecule has 18 heavy (non-hydrogen) atoms. The molecule has 0 bridgehead atoms. The molecule has 0 aromatic carbocycles. The van der Waals surface area contributed by atoms with Crippen LogP contribution in [0.5, 0.6) is 0 Å². The molecule has 2 aliphatic carbocycles. The molecule has 1 unspecified atom stereocenters. The number of carbonyl (C=O) groups excluding carboxylic acids is 1. The molecule has 0 saturated heterocycles. The summed E-state index contributed by atoms with van der Waals surface area (Å²) in [5, 5.41) is 0. The van der Waals surface area contributed by atoms with Crippen molar-refractivity contribution in [3.8, 4) is 0 Å². The van der Waals surface area contributed by atoms with Gasteiger partial charge in [0.15, 0.2) is 0 Å². The Balaban J connectivity index is 1.65. The van der Waals surface area contributed by atoms with Crippen LogP contribution in [0.15, 0.2) is 11.8 Å². The Labute approximate surface area is 111 Å². The van der Waals surface area contributed by atoms with E-state index in [1.807, 2.05) is 6.26 Å². The number of hydrogen-bond acceptors (Lipinski definition) is 2. The van der Waals surface area contributed by atoms with Crippen LogP contribution in [0.25, 0.3) is 0 Å². The summed E-state index contributed by atoms with van der Waals surface area (Å²) in [5.41, 5.74) is 1.79. The number of hydrogen-bond donors (Lipinski definition) is 0. The minimum atomic E-state index is 0.306. The third-order valence-corrected chi connectivity index (χ3v) is 4.72. The highest BCUT2D eigenvalue weighted by molar-refractivity contribution is 5.81. The molecule has 0 spiro atoms. The molecular weight excluding hydrogens is 224 g/mol. The molecule has 2 saturated carbocycles. The second-order valence-electron chi connectivity index (χ2n) is 6.03. The highest BCUT2D eigenvalue weighted by Crippen LogP contribution is 2.42. The average Bonchev–Trinajstić information content (AvgIpc) is 2.99. The van der Waals surface area contributed by atoms with Gasteiger partial charge in [-0.25, -0.2) is 0 Å². The maximum absolute atomic E-state index is 11.4. The van der Waals surface area contributed by atoms with Gasteiger partial charge in [0.25, 0.3) is 0 Å². The first kappa shape index (κ1) is 13.6. The quantitative estimate of drug-likeness (QED) is 0.516. The lowest BCUT2D eigenvalue weighted by Crippen LogP contribution is -2.16. The summed E-state index contributed by atoms with van der Waals surface area (Å²) < 4.78 is 5.65. The van der Waals surface area contributed by atoms with E-state index in [0.29, 0.717) is 11.2 Å². The number of Topliss-reactive ketones (excluding diaryl/α,β-unsaturated/α-hetero) is 1. The second kappa shape index (κ2) is 6.40. The molecule has 0 amide bonds. The Kier molecular flexibility index (Phi) is 4.85. The second-order valence-corrected chi connectivity index (χ2v) is 6.03. The van der Waals surface area contributed by atoms with Crippen molar-refractivity contribution in [1.82, 2.24) is 0 Å². The number of rotatable bonds is 6. The van der Waals surface area contributed by atoms with Gasteiger partial charge in [0.05, 0.1) is 12.9 Å². The molecule has 102 valence electrons. The first-order chi connectivity index (χ1) is 8.74. The standard InChI is InChI=1S/C16H26O2/c1-2-16(10-8-15(17)12-16)9-5-11-18-13-14-6-3-4-7-14/h13H,2-12H2,1H3. The van der Waals surface area contributed by atoms with Gasteiger partial charge in [-0.3, -0.25) is 4.79 Å². The van der Waals surface area contributed by atoms with Crippen molar-refractivity contribution in [2.75, 3.05) is 6.61 Å². The summed E-state index contributed by atoms with van der Waals surface area (Å²) in [6.45, 7) is 3.04. The molecule has 2 heteroatoms. The lowest BCUT2D eigenvalue weighted by Gasteiger charge is -2.26. The van der Waals surface area contributed by atoms with Crippen LogP contribution in [-0.2, 0) is 9.53 Å². The van der Waals surface area contributed by atoms with Gasteiger partial charge in [-0.1, -0.05) is 13.3 Å². The lowest BCUT2D eigenvalue weighted by atomic mass is 9.79.